The van der Waals surface area contributed by atoms with Gasteiger partial charge in [-0.1, -0.05) is 60.5 Å². The summed E-state index contributed by atoms with van der Waals surface area (Å²) in [5.41, 5.74) is 1.26. The molecule has 3 amide bonds. The van der Waals surface area contributed by atoms with E-state index in [1.807, 2.05) is 30.3 Å². The fraction of sp³-hybridized carbons (Fsp3) is 0.476. The maximum absolute atomic E-state index is 14.5. The van der Waals surface area contributed by atoms with Crippen LogP contribution in [0.1, 0.15) is 78.5 Å². The molecule has 3 aliphatic heterocycles. The monoisotopic (exact) mass is 785 g/mol. The number of hydrogen-bond acceptors (Lipinski definition) is 8. The van der Waals surface area contributed by atoms with Gasteiger partial charge in [0.1, 0.15) is 11.7 Å². The number of aromatic nitrogens is 4. The molecule has 8 rings (SSSR count). The first kappa shape index (κ1) is 38.6. The minimum absolute atomic E-state index is 0.00226. The lowest BCUT2D eigenvalue weighted by atomic mass is 9.80. The van der Waals surface area contributed by atoms with E-state index in [4.69, 9.17) is 9.47 Å². The Kier molecular flexibility index (Phi) is 11.3. The Hall–Kier alpha value is -5.31. The van der Waals surface area contributed by atoms with Crippen LogP contribution in [0.25, 0.3) is 11.3 Å². The first-order valence-corrected chi connectivity index (χ1v) is 19.8. The van der Waals surface area contributed by atoms with Crippen LogP contribution in [0.5, 0.6) is 5.88 Å². The van der Waals surface area contributed by atoms with Crippen molar-refractivity contribution in [2.75, 3.05) is 26.2 Å². The number of nitrogens with one attached hydrogen (secondary N) is 1. The maximum Gasteiger partial charge on any atom is 0.416 e. The molecular formula is C42H46F3N7O5. The van der Waals surface area contributed by atoms with Crippen molar-refractivity contribution in [3.8, 4) is 17.1 Å². The molecule has 0 spiro atoms. The van der Waals surface area contributed by atoms with Gasteiger partial charge >= 0.3 is 6.18 Å². The lowest BCUT2D eigenvalue weighted by Gasteiger charge is -2.40. The highest BCUT2D eigenvalue weighted by molar-refractivity contribution is 5.99. The highest BCUT2D eigenvalue weighted by atomic mass is 19.4. The number of carbonyl (C=O) groups excluding carboxylic acids is 3. The summed E-state index contributed by atoms with van der Waals surface area (Å²) in [4.78, 5) is 49.9. The van der Waals surface area contributed by atoms with Crippen LogP contribution in [0.15, 0.2) is 72.9 Å². The first-order chi connectivity index (χ1) is 27.6. The third-order valence-electron chi connectivity index (χ3n) is 11.7. The smallest absolute Gasteiger partial charge is 0.416 e. The molecule has 12 nitrogen and oxygen atoms in total. The number of rotatable bonds is 8. The van der Waals surface area contributed by atoms with Crippen LogP contribution < -0.4 is 10.1 Å². The fourth-order valence-corrected chi connectivity index (χ4v) is 8.70. The number of fused-ring (bicyclic) bond motifs is 8. The minimum atomic E-state index is -4.67. The van der Waals surface area contributed by atoms with E-state index < -0.39 is 29.8 Å². The standard InChI is InChI=1S/C42H46F3N7O5/c43-42(44,45)32-19-36-29-9-6-10-30(17-29)40(54)52-25-35(57-26-34-24-51(49-48-34)22-27-7-2-1-3-8-27)21-37(52)41(55)50-15-13-28(18-38(53)46-33-11-4-5-12-33)31(23-50)14-16-56-39(20-32)47-36/h1-3,6-10,17,19-20,24,28,31,33,35,37H,4-5,11-16,18,21-23,25-26H2,(H,46,53)/t28-,31-,35+,37-/m0/s1. The zero-order valence-corrected chi connectivity index (χ0v) is 31.6. The predicted molar refractivity (Wildman–Crippen MR) is 202 cm³/mol. The molecule has 4 atom stereocenters. The number of pyridine rings is 1. The molecule has 0 unspecified atom stereocenters. The number of nitrogens with zero attached hydrogens (tertiary/aromatic N) is 6. The number of piperidine rings is 1. The fourth-order valence-electron chi connectivity index (χ4n) is 8.70. The van der Waals surface area contributed by atoms with Crippen LogP contribution in [0.4, 0.5) is 13.2 Å². The van der Waals surface area contributed by atoms with Gasteiger partial charge in [0.25, 0.3) is 5.91 Å². The van der Waals surface area contributed by atoms with Gasteiger partial charge in [0, 0.05) is 55.7 Å². The van der Waals surface area contributed by atoms with Gasteiger partial charge in [0.05, 0.1) is 43.3 Å². The Bertz CT molecular complexity index is 2070. The van der Waals surface area contributed by atoms with Crippen molar-refractivity contribution in [2.45, 2.75) is 88.9 Å². The molecule has 15 heteroatoms. The summed E-state index contributed by atoms with van der Waals surface area (Å²) in [6, 6.07) is 17.3. The molecule has 3 fully saturated rings. The lowest BCUT2D eigenvalue weighted by molar-refractivity contribution is -0.139. The molecule has 57 heavy (non-hydrogen) atoms. The van der Waals surface area contributed by atoms with E-state index in [-0.39, 0.29) is 79.4 Å². The van der Waals surface area contributed by atoms with E-state index in [1.54, 1.807) is 34.0 Å². The van der Waals surface area contributed by atoms with Crippen LogP contribution >= 0.6 is 0 Å². The van der Waals surface area contributed by atoms with Crippen molar-refractivity contribution in [3.05, 3.63) is 95.3 Å². The minimum Gasteiger partial charge on any atom is -0.478 e. The Labute approximate surface area is 328 Å². The van der Waals surface area contributed by atoms with Gasteiger partial charge in [-0.3, -0.25) is 14.4 Å². The van der Waals surface area contributed by atoms with Crippen LogP contribution in [0.2, 0.25) is 0 Å². The van der Waals surface area contributed by atoms with Crippen LogP contribution in [0.3, 0.4) is 0 Å². The SMILES string of the molecule is O=C(C[C@@H]1CCN2C[C@@H]1CCOc1cc(C(F)(F)F)cc(n1)-c1cccc(c1)C(=O)N1C[C@H](OCc3cn(Cc4ccccc4)nn3)C[C@H]1C2=O)NC1CCCC1. The van der Waals surface area contributed by atoms with E-state index in [2.05, 4.69) is 20.6 Å². The average molecular weight is 786 g/mol. The quantitative estimate of drug-likeness (QED) is 0.234. The van der Waals surface area contributed by atoms with Gasteiger partial charge in [0.15, 0.2) is 0 Å². The van der Waals surface area contributed by atoms with E-state index >= 15 is 0 Å². The van der Waals surface area contributed by atoms with Gasteiger partial charge in [-0.25, -0.2) is 9.67 Å². The van der Waals surface area contributed by atoms with Crippen molar-refractivity contribution < 1.29 is 37.0 Å². The highest BCUT2D eigenvalue weighted by Crippen LogP contribution is 2.36. The molecular weight excluding hydrogens is 739 g/mol. The first-order valence-electron chi connectivity index (χ1n) is 19.8. The summed E-state index contributed by atoms with van der Waals surface area (Å²) in [6.45, 7) is 1.55. The zero-order valence-electron chi connectivity index (χ0n) is 31.6. The molecule has 300 valence electrons. The molecule has 2 saturated heterocycles. The summed E-state index contributed by atoms with van der Waals surface area (Å²) >= 11 is 0. The Morgan fingerprint density at radius 3 is 2.56 bits per heavy atom. The molecule has 1 aliphatic carbocycles. The molecule has 6 bridgehead atoms. The number of halogens is 3. The van der Waals surface area contributed by atoms with Crippen molar-refractivity contribution in [1.82, 2.24) is 35.1 Å². The summed E-state index contributed by atoms with van der Waals surface area (Å²) in [7, 11) is 0. The molecule has 0 radical (unpaired) electrons. The van der Waals surface area contributed by atoms with Crippen LogP contribution in [0, 0.1) is 11.8 Å². The Morgan fingerprint density at radius 1 is 0.947 bits per heavy atom. The van der Waals surface area contributed by atoms with E-state index in [0.717, 1.165) is 43.4 Å². The van der Waals surface area contributed by atoms with E-state index in [9.17, 15) is 27.6 Å². The van der Waals surface area contributed by atoms with Gasteiger partial charge < -0.3 is 24.6 Å². The molecule has 2 aromatic carbocycles. The summed E-state index contributed by atoms with van der Waals surface area (Å²) in [5.74, 6) is -1.12. The summed E-state index contributed by atoms with van der Waals surface area (Å²) in [6.07, 6.45) is 2.21. The van der Waals surface area contributed by atoms with Crippen molar-refractivity contribution in [2.24, 2.45) is 11.8 Å². The normalized spacial score (nSPS) is 23.0. The second-order valence-electron chi connectivity index (χ2n) is 15.7. The number of amides is 3. The summed E-state index contributed by atoms with van der Waals surface area (Å²) < 4.78 is 56.4. The number of ether oxygens (including phenoxy) is 2. The highest BCUT2D eigenvalue weighted by Gasteiger charge is 2.44. The lowest BCUT2D eigenvalue weighted by Crippen LogP contribution is -2.52. The van der Waals surface area contributed by atoms with Crippen molar-refractivity contribution >= 4 is 17.7 Å². The van der Waals surface area contributed by atoms with Gasteiger partial charge in [-0.05, 0) is 61.3 Å². The number of hydrogen-bond donors (Lipinski definition) is 1. The third-order valence-corrected chi connectivity index (χ3v) is 11.7. The van der Waals surface area contributed by atoms with Gasteiger partial charge in [-0.15, -0.1) is 5.10 Å². The van der Waals surface area contributed by atoms with Crippen LogP contribution in [-0.2, 0) is 33.7 Å². The topological polar surface area (TPSA) is 132 Å². The second kappa shape index (κ2) is 16.7. The molecule has 1 saturated carbocycles. The maximum atomic E-state index is 14.5. The number of benzene rings is 2. The van der Waals surface area contributed by atoms with Gasteiger partial charge in [0.2, 0.25) is 17.7 Å². The summed E-state index contributed by atoms with van der Waals surface area (Å²) in [5, 5.41) is 11.7. The van der Waals surface area contributed by atoms with E-state index in [0.29, 0.717) is 43.7 Å². The zero-order chi connectivity index (χ0) is 39.5. The largest absolute Gasteiger partial charge is 0.478 e. The van der Waals surface area contributed by atoms with Crippen LogP contribution in [-0.4, -0.2) is 91.9 Å². The number of carbonyl (C=O) groups is 3. The Morgan fingerprint density at radius 2 is 1.75 bits per heavy atom. The average Bonchev–Trinajstić information content (AvgIpc) is 3.99. The molecule has 1 N–H and O–H groups in total. The Balaban J connectivity index is 1.06. The molecule has 4 aliphatic rings. The third kappa shape index (κ3) is 9.14. The van der Waals surface area contributed by atoms with E-state index in [1.165, 1.54) is 11.0 Å². The number of alkyl halides is 3. The van der Waals surface area contributed by atoms with Crippen molar-refractivity contribution in [3.63, 3.8) is 0 Å². The molecule has 4 aromatic rings. The molecule has 2 aromatic heterocycles. The predicted octanol–water partition coefficient (Wildman–Crippen LogP) is 5.90. The van der Waals surface area contributed by atoms with Crippen molar-refractivity contribution in [1.29, 1.82) is 0 Å². The van der Waals surface area contributed by atoms with Gasteiger partial charge in [-0.2, -0.15) is 13.2 Å². The molecule has 5 heterocycles. The second-order valence-corrected chi connectivity index (χ2v) is 15.7.